The molecule has 0 spiro atoms. The molecule has 1 aromatic rings. The minimum atomic E-state index is 0.366. The number of nitrogens with zero attached hydrogens (tertiary/aromatic N) is 3. The highest BCUT2D eigenvalue weighted by Gasteiger charge is 1.93. The lowest BCUT2D eigenvalue weighted by Crippen LogP contribution is -1.73. The number of carbonyl (C=O) groups excluding carboxylic acids is 1. The summed E-state index contributed by atoms with van der Waals surface area (Å²) in [7, 11) is 0. The van der Waals surface area contributed by atoms with Crippen molar-refractivity contribution in [1.82, 2.24) is 0 Å². The predicted octanol–water partition coefficient (Wildman–Crippen LogP) is 3.23. The molecule has 0 heterocycles. The van der Waals surface area contributed by atoms with E-state index in [1.54, 1.807) is 24.3 Å². The van der Waals surface area contributed by atoms with Gasteiger partial charge in [0.25, 0.3) is 0 Å². The van der Waals surface area contributed by atoms with Gasteiger partial charge in [0, 0.05) is 17.0 Å². The quantitative estimate of drug-likeness (QED) is 0.309. The Bertz CT molecular complexity index is 392. The Labute approximate surface area is 81.5 Å². The molecule has 0 aliphatic rings. The smallest absolute Gasteiger partial charge is 0.123 e. The van der Waals surface area contributed by atoms with Crippen molar-refractivity contribution in [2.45, 2.75) is 6.42 Å². The Morgan fingerprint density at radius 3 is 2.93 bits per heavy atom. The lowest BCUT2D eigenvalue weighted by molar-refractivity contribution is -0.107. The van der Waals surface area contributed by atoms with Crippen molar-refractivity contribution >= 4 is 18.0 Å². The van der Waals surface area contributed by atoms with Crippen molar-refractivity contribution in [3.8, 4) is 0 Å². The van der Waals surface area contributed by atoms with E-state index in [4.69, 9.17) is 5.53 Å². The summed E-state index contributed by atoms with van der Waals surface area (Å²) in [5.74, 6) is 0. The zero-order chi connectivity index (χ0) is 10.2. The Morgan fingerprint density at radius 1 is 1.43 bits per heavy atom. The Kier molecular flexibility index (Phi) is 3.98. The van der Waals surface area contributed by atoms with E-state index in [0.29, 0.717) is 12.1 Å². The summed E-state index contributed by atoms with van der Waals surface area (Å²) in [6, 6.07) is 7.18. The molecule has 70 valence electrons. The van der Waals surface area contributed by atoms with Crippen LogP contribution in [-0.2, 0) is 4.79 Å². The first-order valence-electron chi connectivity index (χ1n) is 4.13. The summed E-state index contributed by atoms with van der Waals surface area (Å²) in [5, 5.41) is 3.53. The molecular weight excluding hydrogens is 178 g/mol. The SMILES string of the molecule is [N-]=[N+]=Nc1ccccc1C=CCC=O. The first kappa shape index (κ1) is 10.0. The summed E-state index contributed by atoms with van der Waals surface area (Å²) in [6.07, 6.45) is 4.66. The van der Waals surface area contributed by atoms with E-state index in [0.717, 1.165) is 11.8 Å². The zero-order valence-corrected chi connectivity index (χ0v) is 7.50. The number of aldehydes is 1. The average molecular weight is 187 g/mol. The van der Waals surface area contributed by atoms with Crippen LogP contribution in [0.5, 0.6) is 0 Å². The summed E-state index contributed by atoms with van der Waals surface area (Å²) in [6.45, 7) is 0. The number of benzene rings is 1. The molecule has 0 saturated carbocycles. The van der Waals surface area contributed by atoms with Gasteiger partial charge in [-0.2, -0.15) is 0 Å². The third-order valence-corrected chi connectivity index (χ3v) is 1.62. The summed E-state index contributed by atoms with van der Waals surface area (Å²) in [4.78, 5) is 12.8. The van der Waals surface area contributed by atoms with Crippen LogP contribution in [0, 0.1) is 0 Å². The Balaban J connectivity index is 2.94. The van der Waals surface area contributed by atoms with Crippen LogP contribution in [0.4, 0.5) is 5.69 Å². The fourth-order valence-electron chi connectivity index (χ4n) is 1.02. The van der Waals surface area contributed by atoms with Crippen molar-refractivity contribution in [2.24, 2.45) is 5.11 Å². The van der Waals surface area contributed by atoms with Crippen LogP contribution in [0.2, 0.25) is 0 Å². The van der Waals surface area contributed by atoms with Crippen LogP contribution < -0.4 is 0 Å². The van der Waals surface area contributed by atoms with Crippen LogP contribution in [0.15, 0.2) is 35.5 Å². The maximum Gasteiger partial charge on any atom is 0.123 e. The minimum absolute atomic E-state index is 0.366. The van der Waals surface area contributed by atoms with Crippen molar-refractivity contribution in [3.05, 3.63) is 46.3 Å². The van der Waals surface area contributed by atoms with Crippen LogP contribution in [0.3, 0.4) is 0 Å². The number of carbonyl (C=O) groups is 1. The van der Waals surface area contributed by atoms with Crippen molar-refractivity contribution in [2.75, 3.05) is 0 Å². The second-order valence-corrected chi connectivity index (χ2v) is 2.55. The molecular formula is C10H9N3O. The van der Waals surface area contributed by atoms with E-state index in [1.807, 2.05) is 12.1 Å². The standard InChI is InChI=1S/C10H9N3O/c11-13-12-10-7-2-1-5-9(10)6-3-4-8-14/h1-3,5-8H,4H2. The van der Waals surface area contributed by atoms with Gasteiger partial charge in [0.2, 0.25) is 0 Å². The van der Waals surface area contributed by atoms with E-state index in [2.05, 4.69) is 10.0 Å². The number of hydrogen-bond donors (Lipinski definition) is 0. The van der Waals surface area contributed by atoms with E-state index >= 15 is 0 Å². The molecule has 0 aliphatic carbocycles. The van der Waals surface area contributed by atoms with Gasteiger partial charge in [-0.3, -0.25) is 0 Å². The molecule has 4 heteroatoms. The lowest BCUT2D eigenvalue weighted by atomic mass is 10.1. The maximum atomic E-state index is 10.1. The number of rotatable bonds is 4. The Morgan fingerprint density at radius 2 is 2.21 bits per heavy atom. The summed E-state index contributed by atoms with van der Waals surface area (Å²) >= 11 is 0. The molecule has 0 amide bonds. The monoisotopic (exact) mass is 187 g/mol. The molecule has 0 saturated heterocycles. The molecule has 0 aromatic heterocycles. The molecule has 14 heavy (non-hydrogen) atoms. The summed E-state index contributed by atoms with van der Waals surface area (Å²) in [5.41, 5.74) is 9.67. The third-order valence-electron chi connectivity index (χ3n) is 1.62. The van der Waals surface area contributed by atoms with Gasteiger partial charge < -0.3 is 4.79 Å². The number of allylic oxidation sites excluding steroid dienone is 1. The second kappa shape index (κ2) is 5.56. The fraction of sp³-hybridized carbons (Fsp3) is 0.100. The molecule has 1 aromatic carbocycles. The maximum absolute atomic E-state index is 10.1. The molecule has 4 nitrogen and oxygen atoms in total. The van der Waals surface area contributed by atoms with Gasteiger partial charge in [-0.15, -0.1) is 0 Å². The van der Waals surface area contributed by atoms with Gasteiger partial charge in [-0.05, 0) is 11.1 Å². The normalized spacial score (nSPS) is 9.71. The Hall–Kier alpha value is -2.06. The predicted molar refractivity (Wildman–Crippen MR) is 55.0 cm³/mol. The highest BCUT2D eigenvalue weighted by Crippen LogP contribution is 2.20. The largest absolute Gasteiger partial charge is 0.303 e. The van der Waals surface area contributed by atoms with Crippen molar-refractivity contribution < 1.29 is 4.79 Å². The zero-order valence-electron chi connectivity index (χ0n) is 7.50. The van der Waals surface area contributed by atoms with Crippen LogP contribution in [0.1, 0.15) is 12.0 Å². The molecule has 0 atom stereocenters. The topological polar surface area (TPSA) is 65.8 Å². The van der Waals surface area contributed by atoms with E-state index in [1.165, 1.54) is 0 Å². The second-order valence-electron chi connectivity index (χ2n) is 2.55. The minimum Gasteiger partial charge on any atom is -0.303 e. The highest BCUT2D eigenvalue weighted by atomic mass is 16.1. The molecule has 0 aliphatic heterocycles. The average Bonchev–Trinajstić information content (AvgIpc) is 2.21. The van der Waals surface area contributed by atoms with Crippen molar-refractivity contribution in [3.63, 3.8) is 0 Å². The molecule has 0 radical (unpaired) electrons. The van der Waals surface area contributed by atoms with E-state index in [9.17, 15) is 4.79 Å². The molecule has 0 unspecified atom stereocenters. The van der Waals surface area contributed by atoms with Gasteiger partial charge in [0.05, 0.1) is 0 Å². The van der Waals surface area contributed by atoms with Gasteiger partial charge in [0.1, 0.15) is 6.29 Å². The van der Waals surface area contributed by atoms with Crippen LogP contribution in [0.25, 0.3) is 16.5 Å². The summed E-state index contributed by atoms with van der Waals surface area (Å²) < 4.78 is 0. The number of hydrogen-bond acceptors (Lipinski definition) is 2. The first-order valence-corrected chi connectivity index (χ1v) is 4.13. The van der Waals surface area contributed by atoms with Crippen LogP contribution in [-0.4, -0.2) is 6.29 Å². The molecule has 1 rings (SSSR count). The number of azide groups is 1. The molecule has 0 N–H and O–H groups in total. The third kappa shape index (κ3) is 2.77. The van der Waals surface area contributed by atoms with Gasteiger partial charge in [0.15, 0.2) is 0 Å². The first-order chi connectivity index (χ1) is 6.88. The fourth-order valence-corrected chi connectivity index (χ4v) is 1.02. The lowest BCUT2D eigenvalue weighted by Gasteiger charge is -1.96. The molecule has 0 fully saturated rings. The van der Waals surface area contributed by atoms with Crippen LogP contribution >= 0.6 is 0 Å². The van der Waals surface area contributed by atoms with Crippen molar-refractivity contribution in [1.29, 1.82) is 0 Å². The van der Waals surface area contributed by atoms with E-state index < -0.39 is 0 Å². The van der Waals surface area contributed by atoms with E-state index in [-0.39, 0.29) is 0 Å². The van der Waals surface area contributed by atoms with Gasteiger partial charge in [-0.1, -0.05) is 41.5 Å². The molecule has 0 bridgehead atoms. The highest BCUT2D eigenvalue weighted by molar-refractivity contribution is 5.65. The van der Waals surface area contributed by atoms with Gasteiger partial charge in [-0.25, -0.2) is 0 Å². The van der Waals surface area contributed by atoms with Gasteiger partial charge >= 0.3 is 0 Å².